The summed E-state index contributed by atoms with van der Waals surface area (Å²) in [4.78, 5) is 12.3. The van der Waals surface area contributed by atoms with Gasteiger partial charge in [-0.25, -0.2) is 0 Å². The van der Waals surface area contributed by atoms with E-state index in [1.807, 2.05) is 31.2 Å². The molecular formula is C25H24O4S. The Balaban J connectivity index is 1.45. The van der Waals surface area contributed by atoms with Crippen molar-refractivity contribution in [3.05, 3.63) is 60.2 Å². The van der Waals surface area contributed by atoms with Crippen LogP contribution in [0, 0.1) is 11.8 Å². The fraction of sp³-hybridized carbons (Fsp3) is 0.320. The van der Waals surface area contributed by atoms with Crippen molar-refractivity contribution in [2.24, 2.45) is 0 Å². The lowest BCUT2D eigenvalue weighted by molar-refractivity contribution is -0.220. The Kier molecular flexibility index (Phi) is 6.49. The molecule has 0 aliphatic carbocycles. The van der Waals surface area contributed by atoms with Crippen LogP contribution in [0.4, 0.5) is 0 Å². The van der Waals surface area contributed by atoms with E-state index in [9.17, 15) is 4.79 Å². The lowest BCUT2D eigenvalue weighted by Crippen LogP contribution is -2.40. The normalized spacial score (nSPS) is 21.1. The minimum Gasteiger partial charge on any atom is -0.460 e. The van der Waals surface area contributed by atoms with E-state index < -0.39 is 0 Å². The van der Waals surface area contributed by atoms with Gasteiger partial charge in [0, 0.05) is 23.4 Å². The number of rotatable bonds is 4. The number of thiophene rings is 1. The summed E-state index contributed by atoms with van der Waals surface area (Å²) in [7, 11) is 0. The van der Waals surface area contributed by atoms with E-state index in [2.05, 4.69) is 42.2 Å². The maximum atomic E-state index is 11.2. The average Bonchev–Trinajstić information content (AvgIpc) is 3.12. The van der Waals surface area contributed by atoms with E-state index in [1.54, 1.807) is 11.3 Å². The van der Waals surface area contributed by atoms with Gasteiger partial charge < -0.3 is 14.2 Å². The Labute approximate surface area is 180 Å². The molecule has 0 N–H and O–H groups in total. The molecule has 4 rings (SSSR count). The first-order valence-corrected chi connectivity index (χ1v) is 10.9. The third kappa shape index (κ3) is 4.73. The highest BCUT2D eigenvalue weighted by molar-refractivity contribution is 7.22. The second kappa shape index (κ2) is 9.44. The lowest BCUT2D eigenvalue weighted by Gasteiger charge is -2.33. The van der Waals surface area contributed by atoms with Gasteiger partial charge in [0.05, 0.1) is 16.5 Å². The summed E-state index contributed by atoms with van der Waals surface area (Å²) in [6, 6.07) is 18.7. The first kappa shape index (κ1) is 20.6. The van der Waals surface area contributed by atoms with Crippen molar-refractivity contribution in [1.29, 1.82) is 0 Å². The summed E-state index contributed by atoms with van der Waals surface area (Å²) in [5.74, 6) is 6.22. The van der Waals surface area contributed by atoms with Crippen LogP contribution in [0.25, 0.3) is 20.5 Å². The summed E-state index contributed by atoms with van der Waals surface area (Å²) >= 11 is 1.76. The Morgan fingerprint density at radius 3 is 2.67 bits per heavy atom. The molecule has 0 amide bonds. The van der Waals surface area contributed by atoms with Crippen LogP contribution < -0.4 is 0 Å². The molecule has 1 aromatic heterocycles. The highest BCUT2D eigenvalue weighted by atomic mass is 32.1. The molecule has 1 saturated heterocycles. The first-order valence-electron chi connectivity index (χ1n) is 10.1. The van der Waals surface area contributed by atoms with Gasteiger partial charge in [-0.05, 0) is 25.0 Å². The predicted octanol–water partition coefficient (Wildman–Crippen LogP) is 5.39. The maximum Gasteiger partial charge on any atom is 0.302 e. The molecule has 1 aliphatic heterocycles. The van der Waals surface area contributed by atoms with Crippen molar-refractivity contribution >= 4 is 27.4 Å². The van der Waals surface area contributed by atoms with Gasteiger partial charge in [0.25, 0.3) is 0 Å². The third-order valence-corrected chi connectivity index (χ3v) is 6.30. The minimum atomic E-state index is -0.325. The largest absolute Gasteiger partial charge is 0.460 e. The number of hydrogen-bond acceptors (Lipinski definition) is 5. The zero-order chi connectivity index (χ0) is 20.9. The van der Waals surface area contributed by atoms with Crippen LogP contribution in [0.2, 0.25) is 0 Å². The molecular weight excluding hydrogens is 396 g/mol. The van der Waals surface area contributed by atoms with Crippen LogP contribution >= 0.6 is 11.3 Å². The molecule has 1 fully saturated rings. The van der Waals surface area contributed by atoms with Crippen molar-refractivity contribution in [3.8, 4) is 22.3 Å². The van der Waals surface area contributed by atoms with Crippen molar-refractivity contribution in [1.82, 2.24) is 0 Å². The summed E-state index contributed by atoms with van der Waals surface area (Å²) < 4.78 is 18.2. The molecule has 30 heavy (non-hydrogen) atoms. The van der Waals surface area contributed by atoms with E-state index in [-0.39, 0.29) is 31.1 Å². The topological polar surface area (TPSA) is 44.8 Å². The molecule has 0 saturated carbocycles. The molecule has 4 nitrogen and oxygen atoms in total. The number of carbonyl (C=O) groups is 1. The Morgan fingerprint density at radius 2 is 1.90 bits per heavy atom. The van der Waals surface area contributed by atoms with Crippen molar-refractivity contribution in [2.75, 3.05) is 6.61 Å². The SMILES string of the molecule is CC(=O)O[C@@H]1CC[C@@H](OCC#Cc2c(-c3ccccc3)sc3ccccc23)O[C@H]1C. The third-order valence-electron chi connectivity index (χ3n) is 5.08. The van der Waals surface area contributed by atoms with Crippen molar-refractivity contribution < 1.29 is 19.0 Å². The van der Waals surface area contributed by atoms with E-state index in [4.69, 9.17) is 14.2 Å². The molecule has 2 aromatic carbocycles. The van der Waals surface area contributed by atoms with E-state index in [1.165, 1.54) is 27.5 Å². The van der Waals surface area contributed by atoms with Gasteiger partial charge in [-0.3, -0.25) is 4.79 Å². The van der Waals surface area contributed by atoms with Crippen molar-refractivity contribution in [2.45, 2.75) is 45.2 Å². The van der Waals surface area contributed by atoms with E-state index >= 15 is 0 Å². The highest BCUT2D eigenvalue weighted by Gasteiger charge is 2.30. The molecule has 154 valence electrons. The van der Waals surface area contributed by atoms with E-state index in [0.717, 1.165) is 12.0 Å². The van der Waals surface area contributed by atoms with Crippen LogP contribution in [0.1, 0.15) is 32.3 Å². The number of hydrogen-bond donors (Lipinski definition) is 0. The van der Waals surface area contributed by atoms with E-state index in [0.29, 0.717) is 6.42 Å². The van der Waals surface area contributed by atoms with Crippen LogP contribution in [0.3, 0.4) is 0 Å². The maximum absolute atomic E-state index is 11.2. The standard InChI is InChI=1S/C25H24O4S/c1-17-22(29-18(2)26)14-15-24(28-17)27-16-8-12-21-20-11-6-7-13-23(20)30-25(21)19-9-4-3-5-10-19/h3-7,9-11,13,17,22,24H,14-16H2,1-2H3/t17-,22+,24-/m0/s1. The molecule has 5 heteroatoms. The van der Waals surface area contributed by atoms with Gasteiger partial charge in [0.1, 0.15) is 12.7 Å². The molecule has 0 radical (unpaired) electrons. The molecule has 0 spiro atoms. The highest BCUT2D eigenvalue weighted by Crippen LogP contribution is 2.38. The Bertz CT molecular complexity index is 1080. The minimum absolute atomic E-state index is 0.189. The second-order valence-electron chi connectivity index (χ2n) is 7.28. The van der Waals surface area contributed by atoms with Gasteiger partial charge in [-0.1, -0.05) is 60.4 Å². The number of fused-ring (bicyclic) bond motifs is 1. The number of ether oxygens (including phenoxy) is 3. The van der Waals surface area contributed by atoms with Crippen LogP contribution in [-0.2, 0) is 19.0 Å². The molecule has 0 bridgehead atoms. The molecule has 2 heterocycles. The number of esters is 1. The summed E-state index contributed by atoms with van der Waals surface area (Å²) in [6.07, 6.45) is 0.686. The van der Waals surface area contributed by atoms with Crippen LogP contribution in [0.15, 0.2) is 54.6 Å². The van der Waals surface area contributed by atoms with Gasteiger partial charge in [-0.15, -0.1) is 11.3 Å². The zero-order valence-corrected chi connectivity index (χ0v) is 17.9. The fourth-order valence-corrected chi connectivity index (χ4v) is 4.81. The molecule has 0 unspecified atom stereocenters. The van der Waals surface area contributed by atoms with Gasteiger partial charge in [0.2, 0.25) is 0 Å². The van der Waals surface area contributed by atoms with Crippen molar-refractivity contribution in [3.63, 3.8) is 0 Å². The molecule has 3 aromatic rings. The average molecular weight is 421 g/mol. The molecule has 1 aliphatic rings. The summed E-state index contributed by atoms with van der Waals surface area (Å²) in [6.45, 7) is 3.61. The van der Waals surface area contributed by atoms with Gasteiger partial charge in [-0.2, -0.15) is 0 Å². The summed E-state index contributed by atoms with van der Waals surface area (Å²) in [5.41, 5.74) is 2.21. The monoisotopic (exact) mass is 420 g/mol. The number of benzene rings is 2. The van der Waals surface area contributed by atoms with Gasteiger partial charge >= 0.3 is 5.97 Å². The second-order valence-corrected chi connectivity index (χ2v) is 8.33. The summed E-state index contributed by atoms with van der Waals surface area (Å²) in [5, 5.41) is 1.17. The number of carbonyl (C=O) groups excluding carboxylic acids is 1. The van der Waals surface area contributed by atoms with Crippen LogP contribution in [-0.4, -0.2) is 31.1 Å². The van der Waals surface area contributed by atoms with Gasteiger partial charge in [0.15, 0.2) is 6.29 Å². The quantitative estimate of drug-likeness (QED) is 0.419. The predicted molar refractivity (Wildman–Crippen MR) is 119 cm³/mol. The lowest BCUT2D eigenvalue weighted by atomic mass is 10.1. The Hall–Kier alpha value is -2.65. The molecule has 3 atom stereocenters. The van der Waals surface area contributed by atoms with Crippen LogP contribution in [0.5, 0.6) is 0 Å². The smallest absolute Gasteiger partial charge is 0.302 e. The first-order chi connectivity index (χ1) is 14.6. The fourth-order valence-electron chi connectivity index (χ4n) is 3.64. The zero-order valence-electron chi connectivity index (χ0n) is 17.1. The Morgan fingerprint density at radius 1 is 1.13 bits per heavy atom.